The molecule has 1 fully saturated rings. The summed E-state index contributed by atoms with van der Waals surface area (Å²) >= 11 is 0. The predicted octanol–water partition coefficient (Wildman–Crippen LogP) is 3.87. The van der Waals surface area contributed by atoms with E-state index in [2.05, 4.69) is 22.4 Å². The lowest BCUT2D eigenvalue weighted by Crippen LogP contribution is -2.46. The van der Waals surface area contributed by atoms with E-state index in [1.807, 2.05) is 48.5 Å². The van der Waals surface area contributed by atoms with Crippen molar-refractivity contribution >= 4 is 17.4 Å². The summed E-state index contributed by atoms with van der Waals surface area (Å²) < 4.78 is 5.91. The molecule has 1 saturated heterocycles. The summed E-state index contributed by atoms with van der Waals surface area (Å²) in [5.41, 5.74) is 8.31. The molecule has 2 heterocycles. The van der Waals surface area contributed by atoms with Crippen molar-refractivity contribution in [1.29, 1.82) is 10.5 Å². The fraction of sp³-hybridized carbons (Fsp3) is 0.231. The summed E-state index contributed by atoms with van der Waals surface area (Å²) in [5.74, 6) is 1.64. The van der Waals surface area contributed by atoms with Gasteiger partial charge in [0.15, 0.2) is 0 Å². The second-order valence-electron chi connectivity index (χ2n) is 8.04. The van der Waals surface area contributed by atoms with E-state index in [-0.39, 0.29) is 11.9 Å². The maximum Gasteiger partial charge on any atom is 0.240 e. The third-order valence-corrected chi connectivity index (χ3v) is 5.66. The standard InChI is InChI=1S/C26H24N6O2/c27-16-19-3-1-13-30-25(19)31-20-7-11-23(12-8-20)34-22-9-5-18(6-10-22)15-24(29)26(33)32-14-2-4-21(32)17-28/h1,3,5-13,21,24H,2,4,14-15,29H2,(H,30,31)/t21?,24-/m0/s1. The number of aromatic nitrogens is 1. The molecule has 0 aliphatic carbocycles. The molecule has 1 aliphatic heterocycles. The molecule has 8 heteroatoms. The Morgan fingerprint density at radius 1 is 1.15 bits per heavy atom. The van der Waals surface area contributed by atoms with Gasteiger partial charge in [-0.05, 0) is 73.4 Å². The van der Waals surface area contributed by atoms with Crippen LogP contribution >= 0.6 is 0 Å². The Bertz CT molecular complexity index is 1230. The average molecular weight is 453 g/mol. The zero-order chi connectivity index (χ0) is 23.9. The van der Waals surface area contributed by atoms with Gasteiger partial charge < -0.3 is 20.7 Å². The van der Waals surface area contributed by atoms with Crippen LogP contribution in [0, 0.1) is 22.7 Å². The van der Waals surface area contributed by atoms with Crippen LogP contribution in [0.5, 0.6) is 11.5 Å². The van der Waals surface area contributed by atoms with Gasteiger partial charge in [0.2, 0.25) is 5.91 Å². The van der Waals surface area contributed by atoms with Gasteiger partial charge >= 0.3 is 0 Å². The number of rotatable bonds is 7. The third kappa shape index (κ3) is 5.32. The molecule has 3 N–H and O–H groups in total. The summed E-state index contributed by atoms with van der Waals surface area (Å²) in [6.07, 6.45) is 3.57. The third-order valence-electron chi connectivity index (χ3n) is 5.66. The first-order valence-electron chi connectivity index (χ1n) is 11.0. The van der Waals surface area contributed by atoms with E-state index in [0.29, 0.717) is 42.3 Å². The number of likely N-dealkylation sites (tertiary alicyclic amines) is 1. The Morgan fingerprint density at radius 2 is 1.85 bits per heavy atom. The monoisotopic (exact) mass is 452 g/mol. The average Bonchev–Trinajstić information content (AvgIpc) is 3.35. The maximum absolute atomic E-state index is 12.6. The van der Waals surface area contributed by atoms with Crippen molar-refractivity contribution < 1.29 is 9.53 Å². The molecule has 1 amide bonds. The Morgan fingerprint density at radius 3 is 2.53 bits per heavy atom. The molecule has 0 bridgehead atoms. The smallest absolute Gasteiger partial charge is 0.240 e. The number of anilines is 2. The first kappa shape index (κ1) is 22.8. The predicted molar refractivity (Wildman–Crippen MR) is 127 cm³/mol. The van der Waals surface area contributed by atoms with E-state index >= 15 is 0 Å². The fourth-order valence-corrected chi connectivity index (χ4v) is 3.89. The minimum atomic E-state index is -0.679. The minimum Gasteiger partial charge on any atom is -0.457 e. The summed E-state index contributed by atoms with van der Waals surface area (Å²) in [6.45, 7) is 0.590. The Kier molecular flexibility index (Phi) is 7.02. The maximum atomic E-state index is 12.6. The molecular formula is C26H24N6O2. The van der Waals surface area contributed by atoms with Crippen LogP contribution in [0.1, 0.15) is 24.0 Å². The molecule has 1 aromatic heterocycles. The van der Waals surface area contributed by atoms with Crippen molar-refractivity contribution in [3.05, 3.63) is 78.0 Å². The molecule has 170 valence electrons. The van der Waals surface area contributed by atoms with Crippen LogP contribution in [0.25, 0.3) is 0 Å². The van der Waals surface area contributed by atoms with E-state index in [0.717, 1.165) is 17.7 Å². The second kappa shape index (κ2) is 10.5. The van der Waals surface area contributed by atoms with Gasteiger partial charge in [-0.25, -0.2) is 4.98 Å². The number of benzene rings is 2. The molecule has 0 saturated carbocycles. The van der Waals surface area contributed by atoms with Crippen LogP contribution in [0.4, 0.5) is 11.5 Å². The van der Waals surface area contributed by atoms with E-state index < -0.39 is 6.04 Å². The largest absolute Gasteiger partial charge is 0.457 e. The molecule has 0 radical (unpaired) electrons. The number of hydrogen-bond acceptors (Lipinski definition) is 7. The highest BCUT2D eigenvalue weighted by Gasteiger charge is 2.31. The van der Waals surface area contributed by atoms with Crippen molar-refractivity contribution in [3.8, 4) is 23.6 Å². The van der Waals surface area contributed by atoms with Gasteiger partial charge in [0.05, 0.1) is 17.7 Å². The number of nitrogens with one attached hydrogen (secondary N) is 1. The van der Waals surface area contributed by atoms with Gasteiger partial charge in [0.1, 0.15) is 29.4 Å². The van der Waals surface area contributed by atoms with Crippen molar-refractivity contribution in [2.24, 2.45) is 5.73 Å². The molecule has 3 aromatic rings. The zero-order valence-corrected chi connectivity index (χ0v) is 18.5. The van der Waals surface area contributed by atoms with Crippen LogP contribution in [-0.4, -0.2) is 34.4 Å². The lowest BCUT2D eigenvalue weighted by molar-refractivity contribution is -0.132. The molecule has 1 aliphatic rings. The van der Waals surface area contributed by atoms with E-state index in [9.17, 15) is 15.3 Å². The zero-order valence-electron chi connectivity index (χ0n) is 18.5. The lowest BCUT2D eigenvalue weighted by Gasteiger charge is -2.23. The summed E-state index contributed by atoms with van der Waals surface area (Å²) in [6, 6.07) is 21.4. The highest BCUT2D eigenvalue weighted by molar-refractivity contribution is 5.82. The van der Waals surface area contributed by atoms with Gasteiger partial charge in [-0.1, -0.05) is 12.1 Å². The number of ether oxygens (including phenoxy) is 1. The van der Waals surface area contributed by atoms with Crippen LogP contribution in [-0.2, 0) is 11.2 Å². The summed E-state index contributed by atoms with van der Waals surface area (Å²) in [5, 5.41) is 21.5. The first-order valence-corrected chi connectivity index (χ1v) is 11.0. The van der Waals surface area contributed by atoms with Crippen LogP contribution in [0.15, 0.2) is 66.9 Å². The molecule has 8 nitrogen and oxygen atoms in total. The van der Waals surface area contributed by atoms with E-state index in [1.54, 1.807) is 23.2 Å². The second-order valence-corrected chi connectivity index (χ2v) is 8.04. The number of amides is 1. The first-order chi connectivity index (χ1) is 16.6. The Balaban J connectivity index is 1.33. The summed E-state index contributed by atoms with van der Waals surface area (Å²) in [4.78, 5) is 18.4. The van der Waals surface area contributed by atoms with E-state index in [4.69, 9.17) is 10.5 Å². The van der Waals surface area contributed by atoms with Crippen LogP contribution < -0.4 is 15.8 Å². The Labute approximate surface area is 198 Å². The van der Waals surface area contributed by atoms with Crippen molar-refractivity contribution in [2.75, 3.05) is 11.9 Å². The fourth-order valence-electron chi connectivity index (χ4n) is 3.89. The lowest BCUT2D eigenvalue weighted by atomic mass is 10.0. The van der Waals surface area contributed by atoms with E-state index in [1.165, 1.54) is 0 Å². The normalized spacial score (nSPS) is 15.7. The molecule has 34 heavy (non-hydrogen) atoms. The van der Waals surface area contributed by atoms with Gasteiger partial charge in [0.25, 0.3) is 0 Å². The molecule has 2 aromatic carbocycles. The highest BCUT2D eigenvalue weighted by Crippen LogP contribution is 2.25. The number of nitriles is 2. The number of carbonyl (C=O) groups is 1. The number of carbonyl (C=O) groups excluding carboxylic acids is 1. The Hall–Kier alpha value is -4.40. The molecule has 0 spiro atoms. The number of nitrogens with zero attached hydrogens (tertiary/aromatic N) is 4. The minimum absolute atomic E-state index is 0.175. The van der Waals surface area contributed by atoms with Gasteiger partial charge in [-0.2, -0.15) is 10.5 Å². The van der Waals surface area contributed by atoms with Crippen LogP contribution in [0.2, 0.25) is 0 Å². The quantitative estimate of drug-likeness (QED) is 0.557. The topological polar surface area (TPSA) is 128 Å². The molecule has 1 unspecified atom stereocenters. The van der Waals surface area contributed by atoms with Gasteiger partial charge in [0, 0.05) is 18.4 Å². The summed E-state index contributed by atoms with van der Waals surface area (Å²) in [7, 11) is 0. The van der Waals surface area contributed by atoms with Gasteiger partial charge in [-0.15, -0.1) is 0 Å². The SMILES string of the molecule is N#Cc1cccnc1Nc1ccc(Oc2ccc(C[C@H](N)C(=O)N3CCCC3C#N)cc2)cc1. The molecule has 2 atom stereocenters. The number of nitrogens with two attached hydrogens (primary N) is 1. The van der Waals surface area contributed by atoms with Crippen LogP contribution in [0.3, 0.4) is 0 Å². The highest BCUT2D eigenvalue weighted by atomic mass is 16.5. The number of pyridine rings is 1. The number of hydrogen-bond donors (Lipinski definition) is 2. The van der Waals surface area contributed by atoms with Crippen molar-refractivity contribution in [3.63, 3.8) is 0 Å². The van der Waals surface area contributed by atoms with Crippen molar-refractivity contribution in [2.45, 2.75) is 31.3 Å². The molecular weight excluding hydrogens is 428 g/mol. The van der Waals surface area contributed by atoms with Gasteiger partial charge in [-0.3, -0.25) is 4.79 Å². The van der Waals surface area contributed by atoms with Crippen molar-refractivity contribution in [1.82, 2.24) is 9.88 Å². The molecule has 4 rings (SSSR count).